The Bertz CT molecular complexity index is 578. The van der Waals surface area contributed by atoms with Gasteiger partial charge in [0.2, 0.25) is 0 Å². The van der Waals surface area contributed by atoms with Gasteiger partial charge in [-0.3, -0.25) is 4.79 Å². The number of thiophene rings is 1. The highest BCUT2D eigenvalue weighted by Crippen LogP contribution is 2.25. The van der Waals surface area contributed by atoms with E-state index < -0.39 is 0 Å². The molecular formula is C16H20N2OS. The molecule has 1 aromatic heterocycles. The van der Waals surface area contributed by atoms with Crippen molar-refractivity contribution in [2.24, 2.45) is 0 Å². The van der Waals surface area contributed by atoms with Crippen LogP contribution in [0.1, 0.15) is 40.7 Å². The van der Waals surface area contributed by atoms with Crippen LogP contribution in [0, 0.1) is 6.92 Å². The predicted octanol–water partition coefficient (Wildman–Crippen LogP) is 3.98. The Kier molecular flexibility index (Phi) is 4.79. The fourth-order valence-corrected chi connectivity index (χ4v) is 2.81. The van der Waals surface area contributed by atoms with E-state index in [-0.39, 0.29) is 11.9 Å². The number of nitrogens with one attached hydrogen (secondary N) is 2. The van der Waals surface area contributed by atoms with Crippen molar-refractivity contribution in [3.8, 4) is 0 Å². The fraction of sp³-hybridized carbons (Fsp3) is 0.312. The molecule has 0 bridgehead atoms. The molecule has 3 nitrogen and oxygen atoms in total. The Morgan fingerprint density at radius 1 is 1.35 bits per heavy atom. The largest absolute Gasteiger partial charge is 0.377 e. The van der Waals surface area contributed by atoms with E-state index in [1.54, 1.807) is 11.3 Å². The zero-order valence-electron chi connectivity index (χ0n) is 12.1. The molecule has 0 fully saturated rings. The van der Waals surface area contributed by atoms with Gasteiger partial charge in [0.25, 0.3) is 5.91 Å². The van der Waals surface area contributed by atoms with Gasteiger partial charge in [-0.25, -0.2) is 0 Å². The second-order valence-electron chi connectivity index (χ2n) is 4.77. The molecule has 2 aromatic rings. The van der Waals surface area contributed by atoms with Crippen LogP contribution in [0.4, 0.5) is 5.69 Å². The number of amides is 1. The quantitative estimate of drug-likeness (QED) is 0.873. The first-order valence-corrected chi connectivity index (χ1v) is 7.68. The Morgan fingerprint density at radius 2 is 2.15 bits per heavy atom. The van der Waals surface area contributed by atoms with Gasteiger partial charge in [0.15, 0.2) is 0 Å². The number of carbonyl (C=O) groups excluding carboxylic acids is 1. The molecule has 0 aliphatic heterocycles. The van der Waals surface area contributed by atoms with Crippen LogP contribution < -0.4 is 10.6 Å². The number of rotatable bonds is 5. The van der Waals surface area contributed by atoms with Crippen molar-refractivity contribution in [3.63, 3.8) is 0 Å². The van der Waals surface area contributed by atoms with E-state index in [1.165, 1.54) is 4.88 Å². The Balaban J connectivity index is 2.12. The molecule has 1 heterocycles. The van der Waals surface area contributed by atoms with Crippen LogP contribution in [0.15, 0.2) is 35.7 Å². The van der Waals surface area contributed by atoms with Gasteiger partial charge in [0, 0.05) is 22.7 Å². The minimum Gasteiger partial charge on any atom is -0.377 e. The van der Waals surface area contributed by atoms with Gasteiger partial charge in [0.1, 0.15) is 0 Å². The van der Waals surface area contributed by atoms with Gasteiger partial charge in [-0.1, -0.05) is 6.07 Å². The summed E-state index contributed by atoms with van der Waals surface area (Å²) in [5.41, 5.74) is 2.86. The standard InChI is InChI=1S/C16H20N2OS/c1-4-17-16(19)13-7-8-14(11(2)10-13)18-12(3)15-6-5-9-20-15/h5-10,12,18H,4H2,1-3H3,(H,17,19). The molecular weight excluding hydrogens is 268 g/mol. The zero-order chi connectivity index (χ0) is 14.5. The molecule has 0 saturated heterocycles. The Morgan fingerprint density at radius 3 is 2.75 bits per heavy atom. The highest BCUT2D eigenvalue weighted by atomic mass is 32.1. The average molecular weight is 288 g/mol. The van der Waals surface area contributed by atoms with Crippen LogP contribution in [0.2, 0.25) is 0 Å². The lowest BCUT2D eigenvalue weighted by Crippen LogP contribution is -2.22. The lowest BCUT2D eigenvalue weighted by Gasteiger charge is -2.16. The highest BCUT2D eigenvalue weighted by molar-refractivity contribution is 7.10. The van der Waals surface area contributed by atoms with Gasteiger partial charge in [-0.05, 0) is 56.0 Å². The molecule has 1 atom stereocenters. The van der Waals surface area contributed by atoms with Crippen LogP contribution in [-0.2, 0) is 0 Å². The van der Waals surface area contributed by atoms with Crippen molar-refractivity contribution in [1.29, 1.82) is 0 Å². The first kappa shape index (κ1) is 14.6. The second kappa shape index (κ2) is 6.57. The smallest absolute Gasteiger partial charge is 0.251 e. The van der Waals surface area contributed by atoms with E-state index >= 15 is 0 Å². The summed E-state index contributed by atoms with van der Waals surface area (Å²) < 4.78 is 0. The minimum absolute atomic E-state index is 0.0199. The molecule has 0 spiro atoms. The summed E-state index contributed by atoms with van der Waals surface area (Å²) in [7, 11) is 0. The third-order valence-electron chi connectivity index (χ3n) is 3.17. The van der Waals surface area contributed by atoms with Crippen molar-refractivity contribution in [2.75, 3.05) is 11.9 Å². The van der Waals surface area contributed by atoms with E-state index in [1.807, 2.05) is 32.0 Å². The van der Waals surface area contributed by atoms with Crippen molar-refractivity contribution in [3.05, 3.63) is 51.7 Å². The topological polar surface area (TPSA) is 41.1 Å². The molecule has 0 radical (unpaired) electrons. The summed E-state index contributed by atoms with van der Waals surface area (Å²) in [6, 6.07) is 10.2. The maximum Gasteiger partial charge on any atom is 0.251 e. The van der Waals surface area contributed by atoms with Crippen molar-refractivity contribution < 1.29 is 4.79 Å². The minimum atomic E-state index is -0.0199. The van der Waals surface area contributed by atoms with E-state index in [0.29, 0.717) is 12.1 Å². The van der Waals surface area contributed by atoms with Crippen LogP contribution in [-0.4, -0.2) is 12.5 Å². The SMILES string of the molecule is CCNC(=O)c1ccc(NC(C)c2cccs2)c(C)c1. The molecule has 1 aromatic carbocycles. The normalized spacial score (nSPS) is 11.9. The van der Waals surface area contributed by atoms with Gasteiger partial charge in [-0.2, -0.15) is 0 Å². The molecule has 1 unspecified atom stereocenters. The van der Waals surface area contributed by atoms with E-state index in [0.717, 1.165) is 11.3 Å². The monoisotopic (exact) mass is 288 g/mol. The second-order valence-corrected chi connectivity index (χ2v) is 5.75. The lowest BCUT2D eigenvalue weighted by atomic mass is 10.1. The summed E-state index contributed by atoms with van der Waals surface area (Å²) in [6.07, 6.45) is 0. The van der Waals surface area contributed by atoms with E-state index in [9.17, 15) is 4.79 Å². The predicted molar refractivity (Wildman–Crippen MR) is 85.5 cm³/mol. The maximum atomic E-state index is 11.8. The number of hydrogen-bond donors (Lipinski definition) is 2. The van der Waals surface area contributed by atoms with Gasteiger partial charge in [0.05, 0.1) is 6.04 Å². The number of hydrogen-bond acceptors (Lipinski definition) is 3. The number of carbonyl (C=O) groups is 1. The summed E-state index contributed by atoms with van der Waals surface area (Å²) in [4.78, 5) is 13.1. The lowest BCUT2D eigenvalue weighted by molar-refractivity contribution is 0.0956. The summed E-state index contributed by atoms with van der Waals surface area (Å²) >= 11 is 1.74. The third-order valence-corrected chi connectivity index (χ3v) is 4.22. The van der Waals surface area contributed by atoms with E-state index in [2.05, 4.69) is 35.1 Å². The van der Waals surface area contributed by atoms with Crippen molar-refractivity contribution in [1.82, 2.24) is 5.32 Å². The Labute approximate surface area is 124 Å². The maximum absolute atomic E-state index is 11.8. The molecule has 20 heavy (non-hydrogen) atoms. The van der Waals surface area contributed by atoms with Crippen LogP contribution in [0.5, 0.6) is 0 Å². The first-order valence-electron chi connectivity index (χ1n) is 6.80. The van der Waals surface area contributed by atoms with Crippen molar-refractivity contribution in [2.45, 2.75) is 26.8 Å². The molecule has 0 saturated carbocycles. The average Bonchev–Trinajstić information content (AvgIpc) is 2.95. The zero-order valence-corrected chi connectivity index (χ0v) is 12.9. The molecule has 0 aliphatic rings. The van der Waals surface area contributed by atoms with E-state index in [4.69, 9.17) is 0 Å². The summed E-state index contributed by atoms with van der Waals surface area (Å²) in [5, 5.41) is 8.39. The molecule has 4 heteroatoms. The van der Waals surface area contributed by atoms with Crippen LogP contribution >= 0.6 is 11.3 Å². The van der Waals surface area contributed by atoms with Gasteiger partial charge >= 0.3 is 0 Å². The van der Waals surface area contributed by atoms with Gasteiger partial charge in [-0.15, -0.1) is 11.3 Å². The fourth-order valence-electron chi connectivity index (χ4n) is 2.07. The number of aryl methyl sites for hydroxylation is 1. The summed E-state index contributed by atoms with van der Waals surface area (Å²) in [5.74, 6) is -0.0199. The van der Waals surface area contributed by atoms with Gasteiger partial charge < -0.3 is 10.6 Å². The third kappa shape index (κ3) is 3.39. The van der Waals surface area contributed by atoms with Crippen LogP contribution in [0.25, 0.3) is 0 Å². The molecule has 0 aliphatic carbocycles. The summed E-state index contributed by atoms with van der Waals surface area (Å²) in [6.45, 7) is 6.73. The Hall–Kier alpha value is -1.81. The molecule has 2 rings (SSSR count). The van der Waals surface area contributed by atoms with Crippen molar-refractivity contribution >= 4 is 22.9 Å². The molecule has 106 valence electrons. The first-order chi connectivity index (χ1) is 9.61. The number of anilines is 1. The molecule has 2 N–H and O–H groups in total. The van der Waals surface area contributed by atoms with Crippen LogP contribution in [0.3, 0.4) is 0 Å². The number of benzene rings is 1. The molecule has 1 amide bonds. The highest BCUT2D eigenvalue weighted by Gasteiger charge is 2.10.